The third-order valence-electron chi connectivity index (χ3n) is 3.78. The van der Waals surface area contributed by atoms with Crippen LogP contribution in [0, 0.1) is 0 Å². The van der Waals surface area contributed by atoms with E-state index >= 15 is 0 Å². The number of thioether (sulfide) groups is 1. The summed E-state index contributed by atoms with van der Waals surface area (Å²) in [6.07, 6.45) is 7.97. The standard InChI is InChI=1S/C14H19N3OS2/c18-13-4-3-12(11-16-6-1-2-7-16)17(13)8-10-20-14-15-5-9-19-14/h1-2,5,9,12H,3-4,6-8,10-11H2/t12-/m1/s1. The number of hydrogen-bond acceptors (Lipinski definition) is 5. The van der Waals surface area contributed by atoms with Crippen LogP contribution in [0.2, 0.25) is 0 Å². The summed E-state index contributed by atoms with van der Waals surface area (Å²) in [6.45, 7) is 3.93. The molecule has 2 aliphatic heterocycles. The van der Waals surface area contributed by atoms with Gasteiger partial charge in [0.15, 0.2) is 0 Å². The first-order chi connectivity index (χ1) is 9.83. The molecule has 3 rings (SSSR count). The second-order valence-corrected chi connectivity index (χ2v) is 7.35. The fourth-order valence-electron chi connectivity index (χ4n) is 2.77. The minimum Gasteiger partial charge on any atom is -0.338 e. The summed E-state index contributed by atoms with van der Waals surface area (Å²) >= 11 is 3.41. The van der Waals surface area contributed by atoms with Gasteiger partial charge in [-0.1, -0.05) is 23.9 Å². The van der Waals surface area contributed by atoms with E-state index in [-0.39, 0.29) is 0 Å². The van der Waals surface area contributed by atoms with Crippen molar-refractivity contribution < 1.29 is 4.79 Å². The Morgan fingerprint density at radius 3 is 3.00 bits per heavy atom. The number of thiazole rings is 1. The Hall–Kier alpha value is -0.850. The third kappa shape index (κ3) is 3.42. The molecule has 0 aromatic carbocycles. The maximum absolute atomic E-state index is 12.0. The average molecular weight is 309 g/mol. The van der Waals surface area contributed by atoms with Gasteiger partial charge in [0.2, 0.25) is 5.91 Å². The molecule has 1 saturated heterocycles. The van der Waals surface area contributed by atoms with Gasteiger partial charge in [0.05, 0.1) is 0 Å². The van der Waals surface area contributed by atoms with Crippen molar-refractivity contribution >= 4 is 29.0 Å². The molecule has 1 amide bonds. The molecule has 1 aromatic rings. The highest BCUT2D eigenvalue weighted by molar-refractivity contribution is 8.01. The van der Waals surface area contributed by atoms with Crippen LogP contribution >= 0.6 is 23.1 Å². The number of aromatic nitrogens is 1. The maximum atomic E-state index is 12.0. The summed E-state index contributed by atoms with van der Waals surface area (Å²) in [5.74, 6) is 1.26. The molecule has 2 aliphatic rings. The van der Waals surface area contributed by atoms with E-state index in [0.29, 0.717) is 18.4 Å². The lowest BCUT2D eigenvalue weighted by Crippen LogP contribution is -2.42. The number of likely N-dealkylation sites (tertiary alicyclic amines) is 1. The van der Waals surface area contributed by atoms with Crippen molar-refractivity contribution in [1.29, 1.82) is 0 Å². The second kappa shape index (κ2) is 6.74. The minimum absolute atomic E-state index is 0.321. The second-order valence-electron chi connectivity index (χ2n) is 5.12. The third-order valence-corrected chi connectivity index (χ3v) is 5.73. The molecule has 1 atom stereocenters. The molecule has 1 fully saturated rings. The fraction of sp³-hybridized carbons (Fsp3) is 0.571. The van der Waals surface area contributed by atoms with Crippen LogP contribution in [0.4, 0.5) is 0 Å². The zero-order valence-electron chi connectivity index (χ0n) is 11.4. The zero-order chi connectivity index (χ0) is 13.8. The molecule has 20 heavy (non-hydrogen) atoms. The molecule has 1 aromatic heterocycles. The Labute approximate surface area is 127 Å². The van der Waals surface area contributed by atoms with E-state index < -0.39 is 0 Å². The van der Waals surface area contributed by atoms with E-state index in [2.05, 4.69) is 26.9 Å². The summed E-state index contributed by atoms with van der Waals surface area (Å²) in [4.78, 5) is 20.8. The Balaban J connectivity index is 1.48. The molecular weight excluding hydrogens is 290 g/mol. The molecule has 0 spiro atoms. The number of nitrogens with zero attached hydrogens (tertiary/aromatic N) is 3. The lowest BCUT2D eigenvalue weighted by atomic mass is 10.2. The highest BCUT2D eigenvalue weighted by Crippen LogP contribution is 2.24. The van der Waals surface area contributed by atoms with Crippen LogP contribution in [-0.2, 0) is 4.79 Å². The maximum Gasteiger partial charge on any atom is 0.222 e. The quantitative estimate of drug-likeness (QED) is 0.596. The van der Waals surface area contributed by atoms with Gasteiger partial charge >= 0.3 is 0 Å². The lowest BCUT2D eigenvalue weighted by Gasteiger charge is -2.28. The Morgan fingerprint density at radius 2 is 2.25 bits per heavy atom. The number of hydrogen-bond donors (Lipinski definition) is 0. The number of amides is 1. The first-order valence-electron chi connectivity index (χ1n) is 7.02. The SMILES string of the molecule is O=C1CC[C@H](CN2CC=CC2)N1CCSc1nccs1. The monoisotopic (exact) mass is 309 g/mol. The van der Waals surface area contributed by atoms with E-state index in [1.165, 1.54) is 0 Å². The molecule has 108 valence electrons. The predicted octanol–water partition coefficient (Wildman–Crippen LogP) is 2.10. The van der Waals surface area contributed by atoms with Crippen molar-refractivity contribution in [2.75, 3.05) is 31.9 Å². The first-order valence-corrected chi connectivity index (χ1v) is 8.88. The van der Waals surface area contributed by atoms with Crippen LogP contribution in [0.1, 0.15) is 12.8 Å². The average Bonchev–Trinajstić information content (AvgIpc) is 3.16. The summed E-state index contributed by atoms with van der Waals surface area (Å²) in [7, 11) is 0. The molecular formula is C14H19N3OS2. The zero-order valence-corrected chi connectivity index (χ0v) is 13.0. The van der Waals surface area contributed by atoms with Gasteiger partial charge in [-0.15, -0.1) is 11.3 Å². The highest BCUT2D eigenvalue weighted by Gasteiger charge is 2.31. The van der Waals surface area contributed by atoms with E-state index in [4.69, 9.17) is 0 Å². The summed E-state index contributed by atoms with van der Waals surface area (Å²) in [5, 5.41) is 1.99. The Kier molecular flexibility index (Phi) is 4.75. The van der Waals surface area contributed by atoms with Gasteiger partial charge in [-0.2, -0.15) is 0 Å². The van der Waals surface area contributed by atoms with Gasteiger partial charge in [-0.05, 0) is 6.42 Å². The molecule has 4 nitrogen and oxygen atoms in total. The van der Waals surface area contributed by atoms with Gasteiger partial charge < -0.3 is 4.90 Å². The van der Waals surface area contributed by atoms with Gasteiger partial charge in [0, 0.05) is 56.0 Å². The van der Waals surface area contributed by atoms with Crippen molar-refractivity contribution in [2.24, 2.45) is 0 Å². The van der Waals surface area contributed by atoms with Crippen molar-refractivity contribution in [3.05, 3.63) is 23.7 Å². The predicted molar refractivity (Wildman–Crippen MR) is 83.2 cm³/mol. The molecule has 0 radical (unpaired) electrons. The van der Waals surface area contributed by atoms with Crippen LogP contribution < -0.4 is 0 Å². The normalized spacial score (nSPS) is 23.1. The van der Waals surface area contributed by atoms with E-state index in [1.807, 2.05) is 11.6 Å². The highest BCUT2D eigenvalue weighted by atomic mass is 32.2. The van der Waals surface area contributed by atoms with E-state index in [9.17, 15) is 4.79 Å². The van der Waals surface area contributed by atoms with Gasteiger partial charge in [-0.3, -0.25) is 9.69 Å². The lowest BCUT2D eigenvalue weighted by molar-refractivity contribution is -0.128. The summed E-state index contributed by atoms with van der Waals surface area (Å²) in [6, 6.07) is 0.402. The molecule has 0 saturated carbocycles. The summed E-state index contributed by atoms with van der Waals surface area (Å²) < 4.78 is 1.09. The largest absolute Gasteiger partial charge is 0.338 e. The van der Waals surface area contributed by atoms with Gasteiger partial charge in [-0.25, -0.2) is 4.98 Å². The van der Waals surface area contributed by atoms with Crippen molar-refractivity contribution in [2.45, 2.75) is 23.2 Å². The van der Waals surface area contributed by atoms with Crippen molar-refractivity contribution in [3.8, 4) is 0 Å². The molecule has 0 unspecified atom stereocenters. The summed E-state index contributed by atoms with van der Waals surface area (Å²) in [5.41, 5.74) is 0. The van der Waals surface area contributed by atoms with Crippen molar-refractivity contribution in [1.82, 2.24) is 14.8 Å². The minimum atomic E-state index is 0.321. The number of rotatable bonds is 6. The van der Waals surface area contributed by atoms with Crippen LogP contribution in [0.3, 0.4) is 0 Å². The fourth-order valence-corrected chi connectivity index (χ4v) is 4.42. The van der Waals surface area contributed by atoms with Gasteiger partial charge in [0.25, 0.3) is 0 Å². The smallest absolute Gasteiger partial charge is 0.222 e. The van der Waals surface area contributed by atoms with E-state index in [1.54, 1.807) is 23.1 Å². The number of carbonyl (C=O) groups is 1. The number of carbonyl (C=O) groups excluding carboxylic acids is 1. The van der Waals surface area contributed by atoms with Crippen LogP contribution in [0.15, 0.2) is 28.1 Å². The Bertz CT molecular complexity index is 467. The molecule has 0 aliphatic carbocycles. The molecule has 0 bridgehead atoms. The first kappa shape index (κ1) is 14.1. The van der Waals surface area contributed by atoms with Crippen LogP contribution in [0.5, 0.6) is 0 Å². The van der Waals surface area contributed by atoms with Crippen molar-refractivity contribution in [3.63, 3.8) is 0 Å². The van der Waals surface area contributed by atoms with Crippen LogP contribution in [0.25, 0.3) is 0 Å². The van der Waals surface area contributed by atoms with E-state index in [0.717, 1.165) is 42.7 Å². The molecule has 3 heterocycles. The Morgan fingerprint density at radius 1 is 1.40 bits per heavy atom. The van der Waals surface area contributed by atoms with Crippen LogP contribution in [-0.4, -0.2) is 58.7 Å². The molecule has 0 N–H and O–H groups in total. The molecule has 6 heteroatoms. The van der Waals surface area contributed by atoms with Gasteiger partial charge in [0.1, 0.15) is 4.34 Å². The topological polar surface area (TPSA) is 36.4 Å².